The third-order valence-electron chi connectivity index (χ3n) is 2.73. The van der Waals surface area contributed by atoms with Crippen molar-refractivity contribution in [1.82, 2.24) is 10.6 Å². The summed E-state index contributed by atoms with van der Waals surface area (Å²) in [6.45, 7) is 1.77. The predicted octanol–water partition coefficient (Wildman–Crippen LogP) is -0.161. The lowest BCUT2D eigenvalue weighted by Gasteiger charge is -2.28. The molecule has 4 heteroatoms. The summed E-state index contributed by atoms with van der Waals surface area (Å²) in [5.74, 6) is 0.867. The monoisotopic (exact) mass is 183 g/mol. The van der Waals surface area contributed by atoms with E-state index in [1.807, 2.05) is 0 Å². The fourth-order valence-electron chi connectivity index (χ4n) is 1.95. The number of rotatable bonds is 1. The van der Waals surface area contributed by atoms with Crippen molar-refractivity contribution in [2.75, 3.05) is 13.1 Å². The van der Waals surface area contributed by atoms with Crippen molar-refractivity contribution in [3.63, 3.8) is 0 Å². The maximum Gasteiger partial charge on any atom is 0.191 e. The number of aliphatic imine (C=N–C) groups is 1. The average molecular weight is 183 g/mol. The first-order chi connectivity index (χ1) is 6.36. The molecule has 0 bridgehead atoms. The second kappa shape index (κ2) is 3.96. The molecule has 0 radical (unpaired) electrons. The Hall–Kier alpha value is -0.770. The molecule has 1 aliphatic carbocycles. The Balaban J connectivity index is 1.85. The summed E-state index contributed by atoms with van der Waals surface area (Å²) in [6.07, 6.45) is 4.15. The van der Waals surface area contributed by atoms with Crippen LogP contribution < -0.4 is 10.6 Å². The Labute approximate surface area is 78.4 Å². The van der Waals surface area contributed by atoms with Crippen LogP contribution in [-0.4, -0.2) is 36.3 Å². The van der Waals surface area contributed by atoms with Gasteiger partial charge < -0.3 is 15.7 Å². The Morgan fingerprint density at radius 1 is 1.38 bits per heavy atom. The van der Waals surface area contributed by atoms with Crippen LogP contribution in [0.5, 0.6) is 0 Å². The van der Waals surface area contributed by atoms with E-state index in [1.165, 1.54) is 6.42 Å². The zero-order chi connectivity index (χ0) is 9.10. The Morgan fingerprint density at radius 2 is 2.23 bits per heavy atom. The lowest BCUT2D eigenvalue weighted by Crippen LogP contribution is -2.48. The van der Waals surface area contributed by atoms with Gasteiger partial charge in [-0.2, -0.15) is 0 Å². The summed E-state index contributed by atoms with van der Waals surface area (Å²) >= 11 is 0. The van der Waals surface area contributed by atoms with Gasteiger partial charge in [-0.15, -0.1) is 0 Å². The van der Waals surface area contributed by atoms with Crippen molar-refractivity contribution >= 4 is 5.96 Å². The van der Waals surface area contributed by atoms with E-state index in [-0.39, 0.29) is 12.1 Å². The first kappa shape index (κ1) is 8.81. The van der Waals surface area contributed by atoms with E-state index in [2.05, 4.69) is 15.6 Å². The third-order valence-corrected chi connectivity index (χ3v) is 2.73. The van der Waals surface area contributed by atoms with Crippen molar-refractivity contribution in [2.24, 2.45) is 4.99 Å². The van der Waals surface area contributed by atoms with E-state index in [4.69, 9.17) is 0 Å². The van der Waals surface area contributed by atoms with Gasteiger partial charge >= 0.3 is 0 Å². The minimum atomic E-state index is -0.196. The molecule has 74 valence electrons. The minimum absolute atomic E-state index is 0.196. The van der Waals surface area contributed by atoms with E-state index in [9.17, 15) is 5.11 Å². The molecule has 1 aliphatic heterocycles. The summed E-state index contributed by atoms with van der Waals surface area (Å²) in [6, 6.07) is 0.207. The number of hydrogen-bond donors (Lipinski definition) is 3. The highest BCUT2D eigenvalue weighted by molar-refractivity contribution is 5.81. The molecular weight excluding hydrogens is 166 g/mol. The molecule has 0 amide bonds. The zero-order valence-electron chi connectivity index (χ0n) is 7.79. The van der Waals surface area contributed by atoms with E-state index in [0.29, 0.717) is 0 Å². The number of aliphatic hydroxyl groups excluding tert-OH is 1. The van der Waals surface area contributed by atoms with Crippen molar-refractivity contribution in [1.29, 1.82) is 0 Å². The molecule has 2 atom stereocenters. The van der Waals surface area contributed by atoms with Gasteiger partial charge in [0.2, 0.25) is 0 Å². The number of aliphatic hydroxyl groups is 1. The van der Waals surface area contributed by atoms with Gasteiger partial charge in [0.15, 0.2) is 5.96 Å². The van der Waals surface area contributed by atoms with Crippen molar-refractivity contribution in [2.45, 2.75) is 37.8 Å². The maximum absolute atomic E-state index is 9.68. The number of nitrogens with one attached hydrogen (secondary N) is 2. The van der Waals surface area contributed by atoms with Crippen LogP contribution >= 0.6 is 0 Å². The van der Waals surface area contributed by atoms with Gasteiger partial charge in [0, 0.05) is 6.54 Å². The van der Waals surface area contributed by atoms with Crippen LogP contribution in [0.1, 0.15) is 25.7 Å². The van der Waals surface area contributed by atoms with Crippen molar-refractivity contribution in [3.05, 3.63) is 0 Å². The molecule has 4 nitrogen and oxygen atoms in total. The van der Waals surface area contributed by atoms with Gasteiger partial charge in [-0.3, -0.25) is 4.99 Å². The molecule has 1 saturated carbocycles. The molecule has 0 spiro atoms. The highest BCUT2D eigenvalue weighted by Crippen LogP contribution is 2.18. The van der Waals surface area contributed by atoms with Crippen LogP contribution in [0.2, 0.25) is 0 Å². The summed E-state index contributed by atoms with van der Waals surface area (Å²) in [7, 11) is 0. The van der Waals surface area contributed by atoms with Crippen LogP contribution in [0, 0.1) is 0 Å². The highest BCUT2D eigenvalue weighted by atomic mass is 16.3. The fourth-order valence-corrected chi connectivity index (χ4v) is 1.95. The van der Waals surface area contributed by atoms with Crippen LogP contribution in [0.15, 0.2) is 4.99 Å². The van der Waals surface area contributed by atoms with E-state index < -0.39 is 0 Å². The standard InChI is InChI=1S/C9H17N3O/c13-8-4-2-1-3-7(8)12-9-10-5-6-11-9/h7-8,13H,1-6H2,(H2,10,11,12)/t7-,8-/m1/s1. The first-order valence-electron chi connectivity index (χ1n) is 5.09. The largest absolute Gasteiger partial charge is 0.391 e. The van der Waals surface area contributed by atoms with Crippen LogP contribution in [-0.2, 0) is 0 Å². The molecule has 2 rings (SSSR count). The Morgan fingerprint density at radius 3 is 2.92 bits per heavy atom. The molecule has 1 heterocycles. The second-order valence-electron chi connectivity index (χ2n) is 3.76. The minimum Gasteiger partial charge on any atom is -0.391 e. The van der Waals surface area contributed by atoms with Crippen LogP contribution in [0.3, 0.4) is 0 Å². The van der Waals surface area contributed by atoms with Gasteiger partial charge in [0.25, 0.3) is 0 Å². The number of hydrogen-bond acceptors (Lipinski definition) is 4. The smallest absolute Gasteiger partial charge is 0.191 e. The van der Waals surface area contributed by atoms with Crippen molar-refractivity contribution in [3.8, 4) is 0 Å². The maximum atomic E-state index is 9.68. The normalized spacial score (nSPS) is 33.8. The van der Waals surface area contributed by atoms with Gasteiger partial charge in [0.1, 0.15) is 0 Å². The fraction of sp³-hybridized carbons (Fsp3) is 0.889. The lowest BCUT2D eigenvalue weighted by molar-refractivity contribution is 0.0995. The quantitative estimate of drug-likeness (QED) is 0.529. The van der Waals surface area contributed by atoms with Crippen molar-refractivity contribution < 1.29 is 5.11 Å². The third kappa shape index (κ3) is 2.12. The SMILES string of the molecule is O[C@@H]1CCCC[C@H]1NC1=NCCN1. The topological polar surface area (TPSA) is 56.6 Å². The van der Waals surface area contributed by atoms with Crippen LogP contribution in [0.25, 0.3) is 0 Å². The van der Waals surface area contributed by atoms with E-state index in [0.717, 1.165) is 38.3 Å². The highest BCUT2D eigenvalue weighted by Gasteiger charge is 2.24. The number of guanidine groups is 1. The summed E-state index contributed by atoms with van der Waals surface area (Å²) in [4.78, 5) is 4.25. The second-order valence-corrected chi connectivity index (χ2v) is 3.76. The van der Waals surface area contributed by atoms with Gasteiger partial charge in [0.05, 0.1) is 18.7 Å². The molecule has 0 saturated heterocycles. The molecule has 2 aliphatic rings. The molecule has 3 N–H and O–H groups in total. The molecule has 0 unspecified atom stereocenters. The van der Waals surface area contributed by atoms with Gasteiger partial charge in [-0.1, -0.05) is 12.8 Å². The summed E-state index contributed by atoms with van der Waals surface area (Å²) < 4.78 is 0. The Kier molecular flexibility index (Phi) is 2.68. The Bertz CT molecular complexity index is 205. The van der Waals surface area contributed by atoms with Gasteiger partial charge in [-0.25, -0.2) is 0 Å². The van der Waals surface area contributed by atoms with Gasteiger partial charge in [-0.05, 0) is 12.8 Å². The average Bonchev–Trinajstić information content (AvgIpc) is 2.61. The van der Waals surface area contributed by atoms with E-state index in [1.54, 1.807) is 0 Å². The molecular formula is C9H17N3O. The lowest BCUT2D eigenvalue weighted by atomic mass is 9.93. The van der Waals surface area contributed by atoms with Crippen LogP contribution in [0.4, 0.5) is 0 Å². The molecule has 0 aromatic rings. The molecule has 0 aromatic carbocycles. The number of nitrogens with zero attached hydrogens (tertiary/aromatic N) is 1. The summed E-state index contributed by atoms with van der Waals surface area (Å²) in [5, 5.41) is 16.1. The first-order valence-corrected chi connectivity index (χ1v) is 5.09. The predicted molar refractivity (Wildman–Crippen MR) is 51.7 cm³/mol. The molecule has 13 heavy (non-hydrogen) atoms. The van der Waals surface area contributed by atoms with E-state index >= 15 is 0 Å². The summed E-state index contributed by atoms with van der Waals surface area (Å²) in [5.41, 5.74) is 0. The zero-order valence-corrected chi connectivity index (χ0v) is 7.79. The molecule has 1 fully saturated rings. The molecule has 0 aromatic heterocycles.